The van der Waals surface area contributed by atoms with Crippen LogP contribution in [0.4, 0.5) is 11.6 Å². The number of rotatable bonds is 4. The molecule has 0 aliphatic carbocycles. The van der Waals surface area contributed by atoms with Crippen LogP contribution < -0.4 is 10.1 Å². The van der Waals surface area contributed by atoms with Crippen LogP contribution in [0.2, 0.25) is 0 Å². The summed E-state index contributed by atoms with van der Waals surface area (Å²) in [5.41, 5.74) is 1.35. The fraction of sp³-hybridized carbons (Fsp3) is 0.167. The van der Waals surface area contributed by atoms with Gasteiger partial charge in [-0.1, -0.05) is 12.1 Å². The van der Waals surface area contributed by atoms with E-state index in [1.54, 1.807) is 19.4 Å². The van der Waals surface area contributed by atoms with Gasteiger partial charge in [-0.3, -0.25) is 0 Å². The molecule has 0 aliphatic heterocycles. The second kappa shape index (κ2) is 5.27. The summed E-state index contributed by atoms with van der Waals surface area (Å²) in [4.78, 5) is 8.20. The van der Waals surface area contributed by atoms with Gasteiger partial charge in [-0.2, -0.15) is 0 Å². The lowest BCUT2D eigenvalue weighted by molar-refractivity contribution is 0.277. The van der Waals surface area contributed by atoms with Crippen LogP contribution in [0, 0.1) is 0 Å². The Morgan fingerprint density at radius 3 is 2.88 bits per heavy atom. The quantitative estimate of drug-likeness (QED) is 0.838. The summed E-state index contributed by atoms with van der Waals surface area (Å²) in [5.74, 6) is 1.14. The number of aromatic nitrogens is 2. The lowest BCUT2D eigenvalue weighted by Crippen LogP contribution is -2.01. The van der Waals surface area contributed by atoms with Crippen molar-refractivity contribution in [3.8, 4) is 5.75 Å². The first-order valence-electron chi connectivity index (χ1n) is 5.16. The SMILES string of the molecule is COc1ccccc1Nc1nccc(CO)n1. The average Bonchev–Trinajstić information content (AvgIpc) is 2.39. The molecule has 0 saturated heterocycles. The van der Waals surface area contributed by atoms with Gasteiger partial charge in [0.15, 0.2) is 0 Å². The number of anilines is 2. The maximum absolute atomic E-state index is 8.99. The number of benzene rings is 1. The molecule has 0 saturated carbocycles. The van der Waals surface area contributed by atoms with Crippen LogP contribution in [-0.4, -0.2) is 22.2 Å². The van der Waals surface area contributed by atoms with Crippen molar-refractivity contribution < 1.29 is 9.84 Å². The van der Waals surface area contributed by atoms with E-state index in [1.807, 2.05) is 24.3 Å². The average molecular weight is 231 g/mol. The van der Waals surface area contributed by atoms with Crippen molar-refractivity contribution >= 4 is 11.6 Å². The minimum Gasteiger partial charge on any atom is -0.495 e. The van der Waals surface area contributed by atoms with Crippen molar-refractivity contribution in [3.05, 3.63) is 42.2 Å². The molecule has 2 aromatic rings. The third-order valence-corrected chi connectivity index (χ3v) is 2.23. The first kappa shape index (κ1) is 11.3. The number of aliphatic hydroxyl groups is 1. The molecular weight excluding hydrogens is 218 g/mol. The molecule has 17 heavy (non-hydrogen) atoms. The summed E-state index contributed by atoms with van der Waals surface area (Å²) in [7, 11) is 1.60. The second-order valence-electron chi connectivity index (χ2n) is 3.35. The van der Waals surface area contributed by atoms with E-state index in [1.165, 1.54) is 0 Å². The topological polar surface area (TPSA) is 67.3 Å². The van der Waals surface area contributed by atoms with Crippen molar-refractivity contribution in [2.45, 2.75) is 6.61 Å². The van der Waals surface area contributed by atoms with Crippen LogP contribution in [0.5, 0.6) is 5.75 Å². The molecular formula is C12H13N3O2. The molecule has 5 nitrogen and oxygen atoms in total. The number of hydrogen-bond acceptors (Lipinski definition) is 5. The number of nitrogens with zero attached hydrogens (tertiary/aromatic N) is 2. The summed E-state index contributed by atoms with van der Waals surface area (Å²) < 4.78 is 5.21. The fourth-order valence-electron chi connectivity index (χ4n) is 1.41. The van der Waals surface area contributed by atoms with E-state index in [9.17, 15) is 0 Å². The van der Waals surface area contributed by atoms with Gasteiger partial charge in [-0.25, -0.2) is 9.97 Å². The first-order chi connectivity index (χ1) is 8.33. The largest absolute Gasteiger partial charge is 0.495 e. The summed E-state index contributed by atoms with van der Waals surface area (Å²) >= 11 is 0. The molecule has 1 heterocycles. The van der Waals surface area contributed by atoms with E-state index in [2.05, 4.69) is 15.3 Å². The summed E-state index contributed by atoms with van der Waals surface area (Å²) in [5, 5.41) is 12.0. The van der Waals surface area contributed by atoms with Crippen molar-refractivity contribution in [2.75, 3.05) is 12.4 Å². The van der Waals surface area contributed by atoms with E-state index in [-0.39, 0.29) is 6.61 Å². The molecule has 0 amide bonds. The zero-order valence-electron chi connectivity index (χ0n) is 9.42. The molecule has 2 rings (SSSR count). The third kappa shape index (κ3) is 2.70. The molecule has 1 aromatic heterocycles. The van der Waals surface area contributed by atoms with Gasteiger partial charge in [0, 0.05) is 6.20 Å². The van der Waals surface area contributed by atoms with Crippen LogP contribution in [-0.2, 0) is 6.61 Å². The third-order valence-electron chi connectivity index (χ3n) is 2.23. The maximum atomic E-state index is 8.99. The number of para-hydroxylation sites is 2. The molecule has 88 valence electrons. The Balaban J connectivity index is 2.24. The molecule has 0 radical (unpaired) electrons. The smallest absolute Gasteiger partial charge is 0.227 e. The Bertz CT molecular complexity index is 503. The highest BCUT2D eigenvalue weighted by Gasteiger charge is 2.04. The maximum Gasteiger partial charge on any atom is 0.227 e. The lowest BCUT2D eigenvalue weighted by atomic mass is 10.3. The number of ether oxygens (including phenoxy) is 1. The fourth-order valence-corrected chi connectivity index (χ4v) is 1.41. The van der Waals surface area contributed by atoms with Gasteiger partial charge < -0.3 is 15.2 Å². The van der Waals surface area contributed by atoms with E-state index in [4.69, 9.17) is 9.84 Å². The van der Waals surface area contributed by atoms with E-state index < -0.39 is 0 Å². The zero-order chi connectivity index (χ0) is 12.1. The minimum absolute atomic E-state index is 0.108. The zero-order valence-corrected chi connectivity index (χ0v) is 9.42. The highest BCUT2D eigenvalue weighted by atomic mass is 16.5. The van der Waals surface area contributed by atoms with E-state index >= 15 is 0 Å². The number of methoxy groups -OCH3 is 1. The summed E-state index contributed by atoms with van der Waals surface area (Å²) in [6.07, 6.45) is 1.59. The lowest BCUT2D eigenvalue weighted by Gasteiger charge is -2.09. The molecule has 1 aromatic carbocycles. The van der Waals surface area contributed by atoms with Gasteiger partial charge in [0.1, 0.15) is 5.75 Å². The minimum atomic E-state index is -0.108. The van der Waals surface area contributed by atoms with Crippen LogP contribution in [0.25, 0.3) is 0 Å². The van der Waals surface area contributed by atoms with E-state index in [0.29, 0.717) is 17.4 Å². The first-order valence-corrected chi connectivity index (χ1v) is 5.16. The molecule has 2 N–H and O–H groups in total. The standard InChI is InChI=1S/C12H13N3O2/c1-17-11-5-3-2-4-10(11)15-12-13-7-6-9(8-16)14-12/h2-7,16H,8H2,1H3,(H,13,14,15). The van der Waals surface area contributed by atoms with Crippen molar-refractivity contribution in [1.82, 2.24) is 9.97 Å². The van der Waals surface area contributed by atoms with Crippen LogP contribution in [0.1, 0.15) is 5.69 Å². The molecule has 0 fully saturated rings. The van der Waals surface area contributed by atoms with Crippen LogP contribution >= 0.6 is 0 Å². The highest BCUT2D eigenvalue weighted by Crippen LogP contribution is 2.25. The van der Waals surface area contributed by atoms with Crippen LogP contribution in [0.3, 0.4) is 0 Å². The number of nitrogens with one attached hydrogen (secondary N) is 1. The Morgan fingerprint density at radius 2 is 2.12 bits per heavy atom. The molecule has 0 aliphatic rings. The Labute approximate surface area is 99.1 Å². The van der Waals surface area contributed by atoms with Gasteiger partial charge in [0.25, 0.3) is 0 Å². The van der Waals surface area contributed by atoms with Gasteiger partial charge in [0.2, 0.25) is 5.95 Å². The second-order valence-corrected chi connectivity index (χ2v) is 3.35. The number of aliphatic hydroxyl groups excluding tert-OH is 1. The normalized spacial score (nSPS) is 10.0. The Kier molecular flexibility index (Phi) is 3.52. The predicted molar refractivity (Wildman–Crippen MR) is 64.2 cm³/mol. The van der Waals surface area contributed by atoms with Gasteiger partial charge in [-0.15, -0.1) is 0 Å². The van der Waals surface area contributed by atoms with Crippen molar-refractivity contribution in [3.63, 3.8) is 0 Å². The van der Waals surface area contributed by atoms with Crippen molar-refractivity contribution in [2.24, 2.45) is 0 Å². The van der Waals surface area contributed by atoms with Gasteiger partial charge >= 0.3 is 0 Å². The summed E-state index contributed by atoms with van der Waals surface area (Å²) in [6, 6.07) is 9.15. The summed E-state index contributed by atoms with van der Waals surface area (Å²) in [6.45, 7) is -0.108. The molecule has 0 bridgehead atoms. The molecule has 0 spiro atoms. The van der Waals surface area contributed by atoms with Gasteiger partial charge in [0.05, 0.1) is 25.1 Å². The number of hydrogen-bond donors (Lipinski definition) is 2. The monoisotopic (exact) mass is 231 g/mol. The molecule has 0 atom stereocenters. The van der Waals surface area contributed by atoms with E-state index in [0.717, 1.165) is 5.69 Å². The highest BCUT2D eigenvalue weighted by molar-refractivity contribution is 5.62. The Morgan fingerprint density at radius 1 is 1.29 bits per heavy atom. The Hall–Kier alpha value is -2.14. The predicted octanol–water partition coefficient (Wildman–Crippen LogP) is 1.72. The molecule has 5 heteroatoms. The molecule has 0 unspecified atom stereocenters. The van der Waals surface area contributed by atoms with Gasteiger partial charge in [-0.05, 0) is 18.2 Å². The van der Waals surface area contributed by atoms with Crippen molar-refractivity contribution in [1.29, 1.82) is 0 Å². The van der Waals surface area contributed by atoms with Crippen LogP contribution in [0.15, 0.2) is 36.5 Å².